The number of methoxy groups -OCH3 is 2. The number of hydrogen-bond donors (Lipinski definition) is 2. The van der Waals surface area contributed by atoms with Crippen LogP contribution in [0, 0.1) is 13.8 Å². The van der Waals surface area contributed by atoms with Crippen molar-refractivity contribution >= 4 is 29.9 Å². The zero-order chi connectivity index (χ0) is 20.7. The van der Waals surface area contributed by atoms with Crippen LogP contribution in [0.2, 0.25) is 0 Å². The lowest BCUT2D eigenvalue weighted by Crippen LogP contribution is -2.43. The summed E-state index contributed by atoms with van der Waals surface area (Å²) in [4.78, 5) is 8.97. The summed E-state index contributed by atoms with van der Waals surface area (Å²) >= 11 is 0. The number of nitrogens with one attached hydrogen (secondary N) is 2. The molecular weight excluding hydrogens is 483 g/mol. The van der Waals surface area contributed by atoms with E-state index < -0.39 is 0 Å². The number of benzene rings is 1. The molecule has 0 saturated carbocycles. The third kappa shape index (κ3) is 6.80. The molecule has 0 fully saturated rings. The van der Waals surface area contributed by atoms with Crippen molar-refractivity contribution in [3.8, 4) is 11.5 Å². The van der Waals surface area contributed by atoms with Gasteiger partial charge in [0.2, 0.25) is 5.89 Å². The summed E-state index contributed by atoms with van der Waals surface area (Å²) in [6, 6.07) is 6.01. The van der Waals surface area contributed by atoms with Gasteiger partial charge in [0.15, 0.2) is 17.5 Å². The van der Waals surface area contributed by atoms with Gasteiger partial charge in [0.1, 0.15) is 12.3 Å². The average molecular weight is 516 g/mol. The van der Waals surface area contributed by atoms with Crippen molar-refractivity contribution in [1.29, 1.82) is 0 Å². The van der Waals surface area contributed by atoms with Crippen LogP contribution in [0.15, 0.2) is 27.6 Å². The van der Waals surface area contributed by atoms with Crippen molar-refractivity contribution in [3.05, 3.63) is 41.1 Å². The molecule has 29 heavy (non-hydrogen) atoms. The van der Waals surface area contributed by atoms with E-state index in [0.29, 0.717) is 19.0 Å². The Hall–Kier alpha value is -1.97. The van der Waals surface area contributed by atoms with Crippen molar-refractivity contribution < 1.29 is 13.9 Å². The zero-order valence-corrected chi connectivity index (χ0v) is 20.7. The molecule has 0 saturated heterocycles. The van der Waals surface area contributed by atoms with Gasteiger partial charge in [-0.1, -0.05) is 19.9 Å². The Morgan fingerprint density at radius 2 is 1.83 bits per heavy atom. The van der Waals surface area contributed by atoms with Gasteiger partial charge in [0.25, 0.3) is 0 Å². The predicted octanol–water partition coefficient (Wildman–Crippen LogP) is 3.96. The minimum Gasteiger partial charge on any atom is -0.493 e. The number of halogens is 1. The summed E-state index contributed by atoms with van der Waals surface area (Å²) in [5, 5.41) is 6.68. The number of hydrogen-bond acceptors (Lipinski definition) is 5. The Morgan fingerprint density at radius 3 is 2.38 bits per heavy atom. The molecule has 0 aliphatic carbocycles. The van der Waals surface area contributed by atoms with E-state index >= 15 is 0 Å². The van der Waals surface area contributed by atoms with Crippen LogP contribution in [0.25, 0.3) is 0 Å². The smallest absolute Gasteiger partial charge is 0.216 e. The van der Waals surface area contributed by atoms with Gasteiger partial charge >= 0.3 is 0 Å². The Labute approximate surface area is 190 Å². The molecule has 1 aromatic heterocycles. The van der Waals surface area contributed by atoms with Crippen LogP contribution in [0.5, 0.6) is 11.5 Å². The number of guanidine groups is 1. The third-order valence-electron chi connectivity index (χ3n) is 4.65. The number of oxazole rings is 1. The molecule has 0 amide bonds. The largest absolute Gasteiger partial charge is 0.493 e. The minimum atomic E-state index is -0.147. The van der Waals surface area contributed by atoms with E-state index in [1.165, 1.54) is 0 Å². The third-order valence-corrected chi connectivity index (χ3v) is 4.65. The number of rotatable bonds is 8. The normalized spacial score (nSPS) is 11.6. The predicted molar refractivity (Wildman–Crippen MR) is 127 cm³/mol. The molecule has 0 radical (unpaired) electrons. The maximum atomic E-state index is 5.61. The topological polar surface area (TPSA) is 80.9 Å². The lowest BCUT2D eigenvalue weighted by Gasteiger charge is -2.27. The summed E-state index contributed by atoms with van der Waals surface area (Å²) < 4.78 is 16.4. The van der Waals surface area contributed by atoms with Crippen LogP contribution >= 0.6 is 24.0 Å². The fraction of sp³-hybridized carbons (Fsp3) is 0.524. The van der Waals surface area contributed by atoms with Gasteiger partial charge in [-0.25, -0.2) is 9.98 Å². The summed E-state index contributed by atoms with van der Waals surface area (Å²) in [5.74, 6) is 3.62. The second-order valence-corrected chi connectivity index (χ2v) is 7.25. The number of aliphatic imine (C=N–C) groups is 1. The van der Waals surface area contributed by atoms with Crippen LogP contribution in [-0.2, 0) is 12.0 Å². The number of nitrogens with zero attached hydrogens (tertiary/aromatic N) is 2. The van der Waals surface area contributed by atoms with E-state index in [4.69, 9.17) is 13.9 Å². The van der Waals surface area contributed by atoms with E-state index in [1.54, 1.807) is 14.2 Å². The van der Waals surface area contributed by atoms with Gasteiger partial charge in [0, 0.05) is 18.5 Å². The minimum absolute atomic E-state index is 0. The maximum absolute atomic E-state index is 5.61. The quantitative estimate of drug-likeness (QED) is 0.314. The molecule has 162 valence electrons. The fourth-order valence-electron chi connectivity index (χ4n) is 2.76. The first-order valence-electron chi connectivity index (χ1n) is 9.48. The van der Waals surface area contributed by atoms with Gasteiger partial charge in [-0.3, -0.25) is 0 Å². The molecule has 8 heteroatoms. The van der Waals surface area contributed by atoms with Gasteiger partial charge in [-0.05, 0) is 38.5 Å². The molecule has 2 aromatic rings. The number of aryl methyl sites for hydroxylation is 2. The highest BCUT2D eigenvalue weighted by molar-refractivity contribution is 14.0. The van der Waals surface area contributed by atoms with Crippen LogP contribution < -0.4 is 20.1 Å². The Morgan fingerprint density at radius 1 is 1.14 bits per heavy atom. The molecule has 1 heterocycles. The summed E-state index contributed by atoms with van der Waals surface area (Å²) in [6.07, 6.45) is 0. The Kier molecular flexibility index (Phi) is 9.75. The first kappa shape index (κ1) is 25.1. The van der Waals surface area contributed by atoms with E-state index in [2.05, 4.69) is 40.5 Å². The lowest BCUT2D eigenvalue weighted by atomic mass is 9.84. The van der Waals surface area contributed by atoms with Crippen molar-refractivity contribution in [2.75, 3.05) is 27.3 Å². The molecule has 2 N–H and O–H groups in total. The van der Waals surface area contributed by atoms with E-state index in [-0.39, 0.29) is 29.4 Å². The van der Waals surface area contributed by atoms with Gasteiger partial charge in [-0.2, -0.15) is 0 Å². The maximum Gasteiger partial charge on any atom is 0.216 e. The van der Waals surface area contributed by atoms with Crippen LogP contribution in [-0.4, -0.2) is 38.3 Å². The van der Waals surface area contributed by atoms with Gasteiger partial charge in [-0.15, -0.1) is 24.0 Å². The molecule has 0 aliphatic heterocycles. The van der Waals surface area contributed by atoms with Crippen LogP contribution in [0.4, 0.5) is 0 Å². The molecule has 0 bridgehead atoms. The van der Waals surface area contributed by atoms with E-state index in [9.17, 15) is 0 Å². The molecule has 0 aliphatic rings. The van der Waals surface area contributed by atoms with Crippen LogP contribution in [0.1, 0.15) is 43.7 Å². The van der Waals surface area contributed by atoms with Gasteiger partial charge in [0.05, 0.1) is 19.9 Å². The summed E-state index contributed by atoms with van der Waals surface area (Å²) in [6.45, 7) is 12.1. The molecule has 1 aromatic carbocycles. The number of aromatic nitrogens is 1. The van der Waals surface area contributed by atoms with E-state index in [0.717, 1.165) is 41.0 Å². The van der Waals surface area contributed by atoms with Crippen molar-refractivity contribution in [1.82, 2.24) is 15.6 Å². The first-order valence-corrected chi connectivity index (χ1v) is 9.48. The monoisotopic (exact) mass is 516 g/mol. The van der Waals surface area contributed by atoms with E-state index in [1.807, 2.05) is 32.9 Å². The molecule has 0 atom stereocenters. The molecule has 7 nitrogen and oxygen atoms in total. The number of ether oxygens (including phenoxy) is 2. The molecule has 2 rings (SSSR count). The Bertz CT molecular complexity index is 799. The Balaban J connectivity index is 0.00000420. The summed E-state index contributed by atoms with van der Waals surface area (Å²) in [5.41, 5.74) is 1.90. The van der Waals surface area contributed by atoms with Crippen molar-refractivity contribution in [2.45, 2.75) is 46.6 Å². The summed E-state index contributed by atoms with van der Waals surface area (Å²) in [7, 11) is 3.29. The SMILES string of the molecule is CCNC(=NCc1nc(C)c(C)o1)NCC(C)(C)c1ccc(OC)c(OC)c1.I. The second-order valence-electron chi connectivity index (χ2n) is 7.25. The second kappa shape index (κ2) is 11.3. The van der Waals surface area contributed by atoms with Crippen molar-refractivity contribution in [3.63, 3.8) is 0 Å². The van der Waals surface area contributed by atoms with Gasteiger partial charge < -0.3 is 24.5 Å². The lowest BCUT2D eigenvalue weighted by molar-refractivity contribution is 0.353. The zero-order valence-electron chi connectivity index (χ0n) is 18.4. The molecule has 0 unspecified atom stereocenters. The molecular formula is C21H33IN4O3. The standard InChI is InChI=1S/C21H32N4O3.HI/c1-8-22-20(23-12-19-25-14(2)15(3)28-19)24-13-21(4,5)16-9-10-17(26-6)18(11-16)27-7;/h9-11H,8,12-13H2,1-7H3,(H2,22,23,24);1H. The average Bonchev–Trinajstić information content (AvgIpc) is 3.01. The first-order chi connectivity index (χ1) is 13.3. The molecule has 0 spiro atoms. The fourth-order valence-corrected chi connectivity index (χ4v) is 2.76. The van der Waals surface area contributed by atoms with Crippen LogP contribution in [0.3, 0.4) is 0 Å². The highest BCUT2D eigenvalue weighted by Gasteiger charge is 2.23. The highest BCUT2D eigenvalue weighted by atomic mass is 127. The highest BCUT2D eigenvalue weighted by Crippen LogP contribution is 2.32. The van der Waals surface area contributed by atoms with Crippen molar-refractivity contribution in [2.24, 2.45) is 4.99 Å².